The van der Waals surface area contributed by atoms with E-state index in [4.69, 9.17) is 4.74 Å². The van der Waals surface area contributed by atoms with Crippen molar-refractivity contribution in [2.45, 2.75) is 52.2 Å². The average molecular weight is 254 g/mol. The van der Waals surface area contributed by atoms with E-state index >= 15 is 0 Å². The Hall–Kier alpha value is -0.770. The molecule has 0 aromatic heterocycles. The second-order valence-corrected chi connectivity index (χ2v) is 6.31. The van der Waals surface area contributed by atoms with Gasteiger partial charge in [-0.2, -0.15) is 0 Å². The fourth-order valence-corrected chi connectivity index (χ4v) is 2.66. The van der Waals surface area contributed by atoms with Crippen molar-refractivity contribution in [2.75, 3.05) is 19.7 Å². The van der Waals surface area contributed by atoms with Crippen LogP contribution in [0.3, 0.4) is 0 Å². The van der Waals surface area contributed by atoms with Crippen LogP contribution in [0.1, 0.15) is 40.0 Å². The molecule has 1 saturated carbocycles. The Labute approximate surface area is 110 Å². The zero-order chi connectivity index (χ0) is 13.1. The lowest BCUT2D eigenvalue weighted by Crippen LogP contribution is -2.49. The summed E-state index contributed by atoms with van der Waals surface area (Å²) in [7, 11) is 0. The highest BCUT2D eigenvalue weighted by Crippen LogP contribution is 2.26. The van der Waals surface area contributed by atoms with Crippen molar-refractivity contribution in [2.24, 2.45) is 11.8 Å². The second kappa shape index (κ2) is 5.91. The van der Waals surface area contributed by atoms with Gasteiger partial charge in [0.05, 0.1) is 6.10 Å². The quantitative estimate of drug-likeness (QED) is 0.836. The molecule has 2 amide bonds. The molecule has 0 aromatic rings. The summed E-state index contributed by atoms with van der Waals surface area (Å²) < 4.78 is 5.79. The van der Waals surface area contributed by atoms with Crippen LogP contribution in [0.2, 0.25) is 0 Å². The monoisotopic (exact) mass is 254 g/mol. The highest BCUT2D eigenvalue weighted by atomic mass is 16.5. The van der Waals surface area contributed by atoms with E-state index in [1.54, 1.807) is 0 Å². The number of carbonyl (C=O) groups is 1. The molecule has 0 aromatic carbocycles. The predicted octanol–water partition coefficient (Wildman–Crippen LogP) is 2.24. The number of nitrogens with zero attached hydrogens (tertiary/aromatic N) is 1. The largest absolute Gasteiger partial charge is 0.376 e. The molecule has 1 aliphatic carbocycles. The van der Waals surface area contributed by atoms with Crippen LogP contribution in [-0.2, 0) is 4.74 Å². The minimum absolute atomic E-state index is 0.0996. The Bertz CT molecular complexity index is 288. The van der Waals surface area contributed by atoms with Crippen molar-refractivity contribution in [3.05, 3.63) is 0 Å². The van der Waals surface area contributed by atoms with E-state index in [2.05, 4.69) is 26.1 Å². The van der Waals surface area contributed by atoms with Gasteiger partial charge in [0.25, 0.3) is 0 Å². The number of urea groups is 1. The third kappa shape index (κ3) is 3.61. The lowest BCUT2D eigenvalue weighted by atomic mass is 9.82. The van der Waals surface area contributed by atoms with Crippen LogP contribution < -0.4 is 5.32 Å². The first kappa shape index (κ1) is 13.7. The van der Waals surface area contributed by atoms with Gasteiger partial charge < -0.3 is 15.0 Å². The van der Waals surface area contributed by atoms with Gasteiger partial charge in [-0.25, -0.2) is 4.79 Å². The molecule has 0 spiro atoms. The number of ether oxygens (including phenoxy) is 1. The molecule has 2 aliphatic rings. The molecule has 4 nitrogen and oxygen atoms in total. The van der Waals surface area contributed by atoms with Gasteiger partial charge in [0, 0.05) is 25.7 Å². The minimum atomic E-state index is 0.0996. The highest BCUT2D eigenvalue weighted by molar-refractivity contribution is 5.75. The van der Waals surface area contributed by atoms with Crippen LogP contribution in [0, 0.1) is 11.8 Å². The van der Waals surface area contributed by atoms with Gasteiger partial charge in [-0.1, -0.05) is 20.8 Å². The molecule has 4 heteroatoms. The summed E-state index contributed by atoms with van der Waals surface area (Å²) >= 11 is 0. The Morgan fingerprint density at radius 3 is 2.78 bits per heavy atom. The van der Waals surface area contributed by atoms with Gasteiger partial charge in [-0.3, -0.25) is 0 Å². The van der Waals surface area contributed by atoms with Crippen molar-refractivity contribution in [3.63, 3.8) is 0 Å². The van der Waals surface area contributed by atoms with E-state index < -0.39 is 0 Å². The predicted molar refractivity (Wildman–Crippen MR) is 71.5 cm³/mol. The standard InChI is InChI=1S/C14H26N2O2/c1-10(2)9-18-13-4-5-16(8-13)14(17)15-12-6-11(3)7-12/h10-13H,4-9H2,1-3H3,(H,15,17)/t11?,12?,13-/m1/s1. The number of rotatable bonds is 4. The SMILES string of the molecule is CC(C)CO[C@@H]1CCN(C(=O)NC2CC(C)C2)C1. The molecule has 1 saturated heterocycles. The summed E-state index contributed by atoms with van der Waals surface area (Å²) in [4.78, 5) is 13.9. The van der Waals surface area contributed by atoms with Gasteiger partial charge in [-0.15, -0.1) is 0 Å². The van der Waals surface area contributed by atoms with Crippen LogP contribution in [0.25, 0.3) is 0 Å². The first-order chi connectivity index (χ1) is 8.54. The number of amides is 2. The van der Waals surface area contributed by atoms with E-state index in [0.717, 1.165) is 44.9 Å². The van der Waals surface area contributed by atoms with Gasteiger partial charge >= 0.3 is 6.03 Å². The summed E-state index contributed by atoms with van der Waals surface area (Å²) in [5.41, 5.74) is 0. The first-order valence-corrected chi connectivity index (χ1v) is 7.21. The van der Waals surface area contributed by atoms with E-state index in [-0.39, 0.29) is 12.1 Å². The number of nitrogens with one attached hydrogen (secondary N) is 1. The normalized spacial score (nSPS) is 31.6. The molecular formula is C14H26N2O2. The molecule has 1 atom stereocenters. The van der Waals surface area contributed by atoms with E-state index in [9.17, 15) is 4.79 Å². The van der Waals surface area contributed by atoms with E-state index in [1.165, 1.54) is 0 Å². The molecule has 0 unspecified atom stereocenters. The topological polar surface area (TPSA) is 41.6 Å². The van der Waals surface area contributed by atoms with E-state index in [1.807, 2.05) is 4.90 Å². The molecule has 1 heterocycles. The fraction of sp³-hybridized carbons (Fsp3) is 0.929. The third-order valence-electron chi connectivity index (χ3n) is 3.80. The zero-order valence-electron chi connectivity index (χ0n) is 11.8. The maximum atomic E-state index is 12.0. The zero-order valence-corrected chi connectivity index (χ0v) is 11.8. The van der Waals surface area contributed by atoms with Gasteiger partial charge in [0.15, 0.2) is 0 Å². The molecule has 1 N–H and O–H groups in total. The fourth-order valence-electron chi connectivity index (χ4n) is 2.66. The molecule has 2 rings (SSSR count). The van der Waals surface area contributed by atoms with Crippen LogP contribution in [0.15, 0.2) is 0 Å². The van der Waals surface area contributed by atoms with Crippen molar-refractivity contribution < 1.29 is 9.53 Å². The van der Waals surface area contributed by atoms with Crippen LogP contribution in [0.4, 0.5) is 4.79 Å². The van der Waals surface area contributed by atoms with Gasteiger partial charge in [0.1, 0.15) is 0 Å². The molecule has 0 bridgehead atoms. The molecule has 1 aliphatic heterocycles. The van der Waals surface area contributed by atoms with Crippen LogP contribution in [-0.4, -0.2) is 42.8 Å². The Morgan fingerprint density at radius 2 is 2.17 bits per heavy atom. The number of hydrogen-bond acceptors (Lipinski definition) is 2. The summed E-state index contributed by atoms with van der Waals surface area (Å²) in [5, 5.41) is 3.11. The first-order valence-electron chi connectivity index (χ1n) is 7.21. The third-order valence-corrected chi connectivity index (χ3v) is 3.80. The Morgan fingerprint density at radius 1 is 1.44 bits per heavy atom. The number of carbonyl (C=O) groups excluding carboxylic acids is 1. The van der Waals surface area contributed by atoms with Crippen LogP contribution in [0.5, 0.6) is 0 Å². The van der Waals surface area contributed by atoms with Gasteiger partial charge in [0.2, 0.25) is 0 Å². The molecule has 0 radical (unpaired) electrons. The number of hydrogen-bond donors (Lipinski definition) is 1. The summed E-state index contributed by atoms with van der Waals surface area (Å²) in [6.07, 6.45) is 3.47. The lowest BCUT2D eigenvalue weighted by Gasteiger charge is -2.34. The Kier molecular flexibility index (Phi) is 4.49. The summed E-state index contributed by atoms with van der Waals surface area (Å²) in [6, 6.07) is 0.505. The van der Waals surface area contributed by atoms with Gasteiger partial charge in [-0.05, 0) is 31.1 Å². The van der Waals surface area contributed by atoms with Crippen molar-refractivity contribution in [3.8, 4) is 0 Å². The summed E-state index contributed by atoms with van der Waals surface area (Å²) in [6.45, 7) is 8.90. The second-order valence-electron chi connectivity index (χ2n) is 6.31. The summed E-state index contributed by atoms with van der Waals surface area (Å²) in [5.74, 6) is 1.33. The van der Waals surface area contributed by atoms with Crippen molar-refractivity contribution in [1.82, 2.24) is 10.2 Å². The molecule has 18 heavy (non-hydrogen) atoms. The molecule has 2 fully saturated rings. The van der Waals surface area contributed by atoms with Crippen LogP contribution >= 0.6 is 0 Å². The average Bonchev–Trinajstić information content (AvgIpc) is 2.72. The van der Waals surface area contributed by atoms with E-state index in [0.29, 0.717) is 12.0 Å². The molecule has 104 valence electrons. The molecular weight excluding hydrogens is 228 g/mol. The minimum Gasteiger partial charge on any atom is -0.376 e. The van der Waals surface area contributed by atoms with Crippen molar-refractivity contribution >= 4 is 6.03 Å². The highest BCUT2D eigenvalue weighted by Gasteiger charge is 2.31. The van der Waals surface area contributed by atoms with Crippen molar-refractivity contribution in [1.29, 1.82) is 0 Å². The maximum absolute atomic E-state index is 12.0. The maximum Gasteiger partial charge on any atom is 0.317 e. The smallest absolute Gasteiger partial charge is 0.317 e. The lowest BCUT2D eigenvalue weighted by molar-refractivity contribution is 0.0433. The Balaban J connectivity index is 1.66. The number of likely N-dealkylation sites (tertiary alicyclic amines) is 1.